The lowest BCUT2D eigenvalue weighted by molar-refractivity contribution is 0.0943. The van der Waals surface area contributed by atoms with Crippen molar-refractivity contribution in [3.05, 3.63) is 45.3 Å². The number of fused-ring (bicyclic) bond motifs is 1. The number of nitrogens with zero attached hydrogens (tertiary/aromatic N) is 7. The fraction of sp³-hybridized carbons (Fsp3) is 0.630. The summed E-state index contributed by atoms with van der Waals surface area (Å²) in [6.45, 7) is 12.0. The van der Waals surface area contributed by atoms with Crippen molar-refractivity contribution in [1.82, 2.24) is 29.4 Å². The van der Waals surface area contributed by atoms with E-state index < -0.39 is 0 Å². The maximum absolute atomic E-state index is 13.0. The second kappa shape index (κ2) is 10.7. The molecule has 2 saturated heterocycles. The van der Waals surface area contributed by atoms with Crippen molar-refractivity contribution >= 4 is 28.6 Å². The number of anilines is 1. The zero-order valence-corrected chi connectivity index (χ0v) is 23.2. The van der Waals surface area contributed by atoms with Crippen LogP contribution in [0.4, 0.5) is 5.82 Å². The van der Waals surface area contributed by atoms with Gasteiger partial charge in [-0.25, -0.2) is 9.48 Å². The highest BCUT2D eigenvalue weighted by Gasteiger charge is 2.36. The SMILES string of the molecule is CC(C)CC(c1ccc(Cl)cc1)N1C[C@H](C)N(c2nc(=O)n(C)c3c2nnn3C[C@@H]2CCCO2)C[C@H]1C. The number of rotatable bonds is 7. The van der Waals surface area contributed by atoms with Gasteiger partial charge in [0.25, 0.3) is 0 Å². The van der Waals surface area contributed by atoms with E-state index in [1.54, 1.807) is 16.3 Å². The average molecular weight is 528 g/mol. The molecule has 0 amide bonds. The van der Waals surface area contributed by atoms with E-state index >= 15 is 0 Å². The predicted molar refractivity (Wildman–Crippen MR) is 146 cm³/mol. The Labute approximate surface area is 223 Å². The zero-order valence-electron chi connectivity index (χ0n) is 22.5. The van der Waals surface area contributed by atoms with E-state index in [4.69, 9.17) is 16.3 Å². The molecule has 10 heteroatoms. The maximum atomic E-state index is 13.0. The molecule has 3 aromatic rings. The van der Waals surface area contributed by atoms with Gasteiger partial charge in [-0.1, -0.05) is 42.8 Å². The van der Waals surface area contributed by atoms with Gasteiger partial charge in [0.2, 0.25) is 0 Å². The number of aryl methyl sites for hydroxylation is 1. The summed E-state index contributed by atoms with van der Waals surface area (Å²) in [6, 6.07) is 8.95. The molecule has 0 saturated carbocycles. The van der Waals surface area contributed by atoms with Crippen LogP contribution in [-0.2, 0) is 18.3 Å². The van der Waals surface area contributed by atoms with Crippen LogP contribution >= 0.6 is 11.6 Å². The molecule has 2 aliphatic heterocycles. The fourth-order valence-corrected chi connectivity index (χ4v) is 6.00. The van der Waals surface area contributed by atoms with Crippen LogP contribution in [0.3, 0.4) is 0 Å². The largest absolute Gasteiger partial charge is 0.376 e. The zero-order chi connectivity index (χ0) is 26.3. The molecule has 0 aliphatic carbocycles. The first-order valence-electron chi connectivity index (χ1n) is 13.4. The minimum Gasteiger partial charge on any atom is -0.376 e. The molecule has 5 rings (SSSR count). The minimum atomic E-state index is -0.292. The molecular formula is C27H38ClN7O2. The third kappa shape index (κ3) is 5.26. The van der Waals surface area contributed by atoms with Gasteiger partial charge in [0.15, 0.2) is 17.0 Å². The van der Waals surface area contributed by atoms with Crippen molar-refractivity contribution in [1.29, 1.82) is 0 Å². The second-order valence-corrected chi connectivity index (χ2v) is 11.5. The van der Waals surface area contributed by atoms with Crippen LogP contribution in [0.2, 0.25) is 5.02 Å². The van der Waals surface area contributed by atoms with Gasteiger partial charge in [-0.3, -0.25) is 9.47 Å². The van der Waals surface area contributed by atoms with Gasteiger partial charge in [0.05, 0.1) is 12.6 Å². The van der Waals surface area contributed by atoms with Crippen molar-refractivity contribution in [2.75, 3.05) is 24.6 Å². The topological polar surface area (TPSA) is 81.3 Å². The van der Waals surface area contributed by atoms with Crippen molar-refractivity contribution < 1.29 is 4.74 Å². The van der Waals surface area contributed by atoms with Gasteiger partial charge in [-0.05, 0) is 56.7 Å². The molecule has 2 aliphatic rings. The first kappa shape index (κ1) is 26.1. The summed E-state index contributed by atoms with van der Waals surface area (Å²) in [5, 5.41) is 9.69. The molecule has 37 heavy (non-hydrogen) atoms. The average Bonchev–Trinajstić information content (AvgIpc) is 3.53. The first-order chi connectivity index (χ1) is 17.7. The third-order valence-corrected chi connectivity index (χ3v) is 8.04. The number of hydrogen-bond acceptors (Lipinski definition) is 7. The molecule has 0 spiro atoms. The first-order valence-corrected chi connectivity index (χ1v) is 13.8. The lowest BCUT2D eigenvalue weighted by Crippen LogP contribution is -2.58. The highest BCUT2D eigenvalue weighted by atomic mass is 35.5. The quantitative estimate of drug-likeness (QED) is 0.458. The Bertz CT molecular complexity index is 1280. The molecule has 4 heterocycles. The summed E-state index contributed by atoms with van der Waals surface area (Å²) in [6.07, 6.45) is 3.21. The van der Waals surface area contributed by atoms with E-state index in [-0.39, 0.29) is 23.9 Å². The van der Waals surface area contributed by atoms with E-state index in [0.29, 0.717) is 35.5 Å². The number of aromatic nitrogens is 5. The lowest BCUT2D eigenvalue weighted by atomic mass is 9.92. The molecule has 4 atom stereocenters. The Hall–Kier alpha value is -2.49. The van der Waals surface area contributed by atoms with Gasteiger partial charge in [-0.2, -0.15) is 4.98 Å². The molecular weight excluding hydrogens is 490 g/mol. The Balaban J connectivity index is 1.45. The maximum Gasteiger partial charge on any atom is 0.351 e. The summed E-state index contributed by atoms with van der Waals surface area (Å²) in [5.74, 6) is 1.18. The summed E-state index contributed by atoms with van der Waals surface area (Å²) in [4.78, 5) is 22.3. The third-order valence-electron chi connectivity index (χ3n) is 7.78. The molecule has 0 bridgehead atoms. The van der Waals surface area contributed by atoms with E-state index in [1.807, 2.05) is 12.1 Å². The van der Waals surface area contributed by atoms with Crippen molar-refractivity contribution in [3.63, 3.8) is 0 Å². The smallest absolute Gasteiger partial charge is 0.351 e. The van der Waals surface area contributed by atoms with Crippen LogP contribution in [0.25, 0.3) is 11.2 Å². The number of halogens is 1. The van der Waals surface area contributed by atoms with E-state index in [9.17, 15) is 4.79 Å². The summed E-state index contributed by atoms with van der Waals surface area (Å²) >= 11 is 6.19. The minimum absolute atomic E-state index is 0.102. The van der Waals surface area contributed by atoms with Crippen LogP contribution in [0.1, 0.15) is 58.6 Å². The Morgan fingerprint density at radius 2 is 1.89 bits per heavy atom. The van der Waals surface area contributed by atoms with Crippen LogP contribution in [0.15, 0.2) is 29.1 Å². The molecule has 0 radical (unpaired) electrons. The summed E-state index contributed by atoms with van der Waals surface area (Å²) in [5.41, 5.74) is 2.37. The summed E-state index contributed by atoms with van der Waals surface area (Å²) < 4.78 is 9.17. The molecule has 0 N–H and O–H groups in total. The van der Waals surface area contributed by atoms with Gasteiger partial charge in [-0.15, -0.1) is 5.10 Å². The van der Waals surface area contributed by atoms with Gasteiger partial charge in [0, 0.05) is 49.9 Å². The predicted octanol–water partition coefficient (Wildman–Crippen LogP) is 4.04. The van der Waals surface area contributed by atoms with Crippen LogP contribution in [-0.4, -0.2) is 67.3 Å². The second-order valence-electron chi connectivity index (χ2n) is 11.1. The van der Waals surface area contributed by atoms with E-state index in [1.165, 1.54) is 5.56 Å². The fourth-order valence-electron chi connectivity index (χ4n) is 5.88. The van der Waals surface area contributed by atoms with Crippen molar-refractivity contribution in [2.45, 2.75) is 77.7 Å². The lowest BCUT2D eigenvalue weighted by Gasteiger charge is -2.48. The van der Waals surface area contributed by atoms with E-state index in [0.717, 1.165) is 44.0 Å². The molecule has 2 fully saturated rings. The number of hydrogen-bond donors (Lipinski definition) is 0. The Kier molecular flexibility index (Phi) is 7.56. The standard InChI is InChI=1S/C27H38ClN7O2/c1-17(2)13-23(20-8-10-21(28)11-9-20)33-14-19(4)34(15-18(33)3)25-24-26(32(5)27(36)29-25)35(31-30-24)16-22-7-6-12-37-22/h8-11,17-19,22-23H,6-7,12-16H2,1-5H3/t18-,19+,22+,23?/m1/s1. The molecule has 2 aromatic heterocycles. The Morgan fingerprint density at radius 1 is 1.14 bits per heavy atom. The summed E-state index contributed by atoms with van der Waals surface area (Å²) in [7, 11) is 1.74. The Morgan fingerprint density at radius 3 is 2.57 bits per heavy atom. The van der Waals surface area contributed by atoms with E-state index in [2.05, 4.69) is 64.9 Å². The van der Waals surface area contributed by atoms with Gasteiger partial charge < -0.3 is 9.64 Å². The molecule has 1 aromatic carbocycles. The normalized spacial score (nSPS) is 23.9. The van der Waals surface area contributed by atoms with Gasteiger partial charge in [0.1, 0.15) is 0 Å². The number of piperazine rings is 1. The molecule has 1 unspecified atom stereocenters. The van der Waals surface area contributed by atoms with Crippen LogP contribution in [0.5, 0.6) is 0 Å². The van der Waals surface area contributed by atoms with Crippen molar-refractivity contribution in [3.8, 4) is 0 Å². The monoisotopic (exact) mass is 527 g/mol. The highest BCUT2D eigenvalue weighted by molar-refractivity contribution is 6.30. The number of ether oxygens (including phenoxy) is 1. The van der Waals surface area contributed by atoms with Crippen LogP contribution < -0.4 is 10.6 Å². The number of benzene rings is 1. The molecule has 9 nitrogen and oxygen atoms in total. The highest BCUT2D eigenvalue weighted by Crippen LogP contribution is 2.35. The van der Waals surface area contributed by atoms with Crippen molar-refractivity contribution in [2.24, 2.45) is 13.0 Å². The van der Waals surface area contributed by atoms with Gasteiger partial charge >= 0.3 is 5.69 Å². The molecule has 200 valence electrons. The van der Waals surface area contributed by atoms with Crippen LogP contribution in [0, 0.1) is 5.92 Å².